The van der Waals surface area contributed by atoms with Crippen LogP contribution in [0.4, 0.5) is 13.2 Å². The van der Waals surface area contributed by atoms with Crippen molar-refractivity contribution < 1.29 is 17.9 Å². The summed E-state index contributed by atoms with van der Waals surface area (Å²) in [5, 5.41) is 3.06. The molecule has 0 spiro atoms. The fourth-order valence-corrected chi connectivity index (χ4v) is 2.86. The number of hydrogen-bond donors (Lipinski definition) is 1. The molecular weight excluding hydrogens is 239 g/mol. The van der Waals surface area contributed by atoms with Crippen molar-refractivity contribution in [3.63, 3.8) is 0 Å². The van der Waals surface area contributed by atoms with Crippen molar-refractivity contribution in [3.05, 3.63) is 0 Å². The van der Waals surface area contributed by atoms with Crippen LogP contribution in [0.3, 0.4) is 0 Å². The van der Waals surface area contributed by atoms with Gasteiger partial charge in [0.25, 0.3) is 0 Å². The van der Waals surface area contributed by atoms with Crippen LogP contribution in [0.25, 0.3) is 0 Å². The van der Waals surface area contributed by atoms with E-state index in [-0.39, 0.29) is 22.9 Å². The lowest BCUT2D eigenvalue weighted by atomic mass is 9.80. The van der Waals surface area contributed by atoms with Crippen molar-refractivity contribution in [2.75, 3.05) is 32.6 Å². The Morgan fingerprint density at radius 1 is 1.44 bits per heavy atom. The van der Waals surface area contributed by atoms with Crippen LogP contribution >= 0.6 is 11.8 Å². The summed E-state index contributed by atoms with van der Waals surface area (Å²) in [6.45, 7) is 2.04. The average Bonchev–Trinajstić information content (AvgIpc) is 2.17. The van der Waals surface area contributed by atoms with Gasteiger partial charge in [-0.2, -0.15) is 13.2 Å². The van der Waals surface area contributed by atoms with Crippen LogP contribution in [0.15, 0.2) is 0 Å². The summed E-state index contributed by atoms with van der Waals surface area (Å²) in [7, 11) is 1.83. The SMILES string of the molecule is CNCC1(CCSC(F)(F)F)CCCOC1. The van der Waals surface area contributed by atoms with Crippen molar-refractivity contribution in [1.29, 1.82) is 0 Å². The molecule has 0 aliphatic carbocycles. The number of thioether (sulfide) groups is 1. The van der Waals surface area contributed by atoms with Gasteiger partial charge >= 0.3 is 5.51 Å². The lowest BCUT2D eigenvalue weighted by molar-refractivity contribution is -0.0338. The summed E-state index contributed by atoms with van der Waals surface area (Å²) in [4.78, 5) is 0. The molecule has 2 nitrogen and oxygen atoms in total. The first-order chi connectivity index (χ1) is 7.47. The Labute approximate surface area is 98.3 Å². The first kappa shape index (κ1) is 14.1. The molecular formula is C10H18F3NOS. The van der Waals surface area contributed by atoms with Crippen molar-refractivity contribution in [2.45, 2.75) is 24.8 Å². The molecule has 0 aromatic carbocycles. The van der Waals surface area contributed by atoms with E-state index in [0.717, 1.165) is 26.0 Å². The minimum atomic E-state index is -4.11. The van der Waals surface area contributed by atoms with Crippen LogP contribution in [-0.2, 0) is 4.74 Å². The molecule has 0 amide bonds. The second-order valence-corrected chi connectivity index (χ2v) is 5.39. The maximum absolute atomic E-state index is 12.0. The fraction of sp³-hybridized carbons (Fsp3) is 1.00. The van der Waals surface area contributed by atoms with Crippen LogP contribution in [0.5, 0.6) is 0 Å². The van der Waals surface area contributed by atoms with E-state index < -0.39 is 5.51 Å². The molecule has 1 unspecified atom stereocenters. The third kappa shape index (κ3) is 4.93. The van der Waals surface area contributed by atoms with E-state index in [0.29, 0.717) is 13.0 Å². The Bertz CT molecular complexity index is 199. The van der Waals surface area contributed by atoms with Gasteiger partial charge in [-0.1, -0.05) is 11.8 Å². The van der Waals surface area contributed by atoms with Crippen LogP contribution in [-0.4, -0.2) is 38.1 Å². The van der Waals surface area contributed by atoms with Crippen molar-refractivity contribution in [3.8, 4) is 0 Å². The number of alkyl halides is 3. The zero-order valence-corrected chi connectivity index (χ0v) is 10.2. The normalized spacial score (nSPS) is 27.0. The third-order valence-corrected chi connectivity index (χ3v) is 3.59. The topological polar surface area (TPSA) is 21.3 Å². The molecule has 0 radical (unpaired) electrons. The van der Waals surface area contributed by atoms with Crippen molar-refractivity contribution in [2.24, 2.45) is 5.41 Å². The molecule has 1 aliphatic rings. The molecule has 1 heterocycles. The number of halogens is 3. The maximum Gasteiger partial charge on any atom is 0.441 e. The molecule has 0 bridgehead atoms. The van der Waals surface area contributed by atoms with Gasteiger partial charge in [-0.3, -0.25) is 0 Å². The smallest absolute Gasteiger partial charge is 0.381 e. The lowest BCUT2D eigenvalue weighted by Gasteiger charge is -2.37. The highest BCUT2D eigenvalue weighted by Gasteiger charge is 2.34. The molecule has 1 aliphatic heterocycles. The zero-order chi connectivity index (χ0) is 12.1. The van der Waals surface area contributed by atoms with E-state index in [1.54, 1.807) is 0 Å². The number of hydrogen-bond acceptors (Lipinski definition) is 3. The second-order valence-electron chi connectivity index (χ2n) is 4.23. The molecule has 16 heavy (non-hydrogen) atoms. The van der Waals surface area contributed by atoms with Crippen LogP contribution in [0.2, 0.25) is 0 Å². The lowest BCUT2D eigenvalue weighted by Crippen LogP contribution is -2.40. The summed E-state index contributed by atoms with van der Waals surface area (Å²) in [5.41, 5.74) is -4.22. The van der Waals surface area contributed by atoms with E-state index in [1.165, 1.54) is 0 Å². The molecule has 1 fully saturated rings. The van der Waals surface area contributed by atoms with Crippen molar-refractivity contribution >= 4 is 11.8 Å². The van der Waals surface area contributed by atoms with Gasteiger partial charge in [-0.05, 0) is 26.3 Å². The molecule has 1 saturated heterocycles. The molecule has 1 rings (SSSR count). The molecule has 96 valence electrons. The van der Waals surface area contributed by atoms with E-state index in [1.807, 2.05) is 7.05 Å². The van der Waals surface area contributed by atoms with Gasteiger partial charge in [0.15, 0.2) is 0 Å². The average molecular weight is 257 g/mol. The summed E-state index contributed by atoms with van der Waals surface area (Å²) < 4.78 is 41.5. The van der Waals surface area contributed by atoms with Crippen molar-refractivity contribution in [1.82, 2.24) is 5.32 Å². The second kappa shape index (κ2) is 6.12. The molecule has 1 N–H and O–H groups in total. The highest BCUT2D eigenvalue weighted by molar-refractivity contribution is 8.00. The van der Waals surface area contributed by atoms with E-state index >= 15 is 0 Å². The Hall–Kier alpha value is 0.0600. The highest BCUT2D eigenvalue weighted by Crippen LogP contribution is 2.37. The molecule has 0 aromatic heterocycles. The van der Waals surface area contributed by atoms with Gasteiger partial charge in [0, 0.05) is 24.3 Å². The predicted octanol–water partition coefficient (Wildman–Crippen LogP) is 2.65. The molecule has 1 atom stereocenters. The minimum Gasteiger partial charge on any atom is -0.381 e. The van der Waals surface area contributed by atoms with E-state index in [9.17, 15) is 13.2 Å². The van der Waals surface area contributed by atoms with Gasteiger partial charge in [-0.15, -0.1) is 0 Å². The van der Waals surface area contributed by atoms with Crippen LogP contribution < -0.4 is 5.32 Å². The Balaban J connectivity index is 2.38. The number of rotatable bonds is 5. The van der Waals surface area contributed by atoms with E-state index in [2.05, 4.69) is 5.32 Å². The predicted molar refractivity (Wildman–Crippen MR) is 59.5 cm³/mol. The Morgan fingerprint density at radius 3 is 2.69 bits per heavy atom. The standard InChI is InChI=1S/C10H18F3NOS/c1-14-7-9(3-2-5-15-8-9)4-6-16-10(11,12)13/h14H,2-8H2,1H3. The first-order valence-electron chi connectivity index (χ1n) is 5.40. The van der Waals surface area contributed by atoms with Gasteiger partial charge in [-0.25, -0.2) is 0 Å². The largest absolute Gasteiger partial charge is 0.441 e. The molecule has 0 aromatic rings. The van der Waals surface area contributed by atoms with Gasteiger partial charge in [0.2, 0.25) is 0 Å². The number of nitrogens with one attached hydrogen (secondary N) is 1. The summed E-state index contributed by atoms with van der Waals surface area (Å²) in [6.07, 6.45) is 2.45. The first-order valence-corrected chi connectivity index (χ1v) is 6.39. The van der Waals surface area contributed by atoms with Gasteiger partial charge < -0.3 is 10.1 Å². The molecule has 6 heteroatoms. The zero-order valence-electron chi connectivity index (χ0n) is 9.40. The third-order valence-electron chi connectivity index (χ3n) is 2.85. The highest BCUT2D eigenvalue weighted by atomic mass is 32.2. The summed E-state index contributed by atoms with van der Waals surface area (Å²) >= 11 is 0.0683. The summed E-state index contributed by atoms with van der Waals surface area (Å²) in [6, 6.07) is 0. The molecule has 0 saturated carbocycles. The van der Waals surface area contributed by atoms with Gasteiger partial charge in [0.05, 0.1) is 6.61 Å². The fourth-order valence-electron chi connectivity index (χ4n) is 2.09. The quantitative estimate of drug-likeness (QED) is 0.818. The van der Waals surface area contributed by atoms with Crippen LogP contribution in [0.1, 0.15) is 19.3 Å². The Kier molecular flexibility index (Phi) is 5.40. The van der Waals surface area contributed by atoms with E-state index in [4.69, 9.17) is 4.74 Å². The number of ether oxygens (including phenoxy) is 1. The Morgan fingerprint density at radius 2 is 2.19 bits per heavy atom. The monoisotopic (exact) mass is 257 g/mol. The van der Waals surface area contributed by atoms with Crippen LogP contribution in [0, 0.1) is 5.41 Å². The maximum atomic E-state index is 12.0. The minimum absolute atomic E-state index is 0.0683. The summed E-state index contributed by atoms with van der Waals surface area (Å²) in [5.74, 6) is 0.120. The van der Waals surface area contributed by atoms with Gasteiger partial charge in [0.1, 0.15) is 0 Å².